The van der Waals surface area contributed by atoms with Crippen molar-refractivity contribution in [2.45, 2.75) is 40.0 Å². The third-order valence-electron chi connectivity index (χ3n) is 1.93. The largest absolute Gasteiger partial charge is 0.394 e. The summed E-state index contributed by atoms with van der Waals surface area (Å²) in [5.74, 6) is 0.179. The van der Waals surface area contributed by atoms with Crippen LogP contribution in [-0.2, 0) is 4.74 Å². The van der Waals surface area contributed by atoms with Crippen LogP contribution in [0.25, 0.3) is 0 Å². The first-order valence-electron chi connectivity index (χ1n) is 5.65. The summed E-state index contributed by atoms with van der Waals surface area (Å²) in [6, 6.07) is 1.52. The van der Waals surface area contributed by atoms with Gasteiger partial charge in [-0.25, -0.2) is 4.79 Å². The molecule has 1 aromatic rings. The Bertz CT molecular complexity index is 378. The van der Waals surface area contributed by atoms with Gasteiger partial charge in [0, 0.05) is 6.20 Å². The van der Waals surface area contributed by atoms with Crippen LogP contribution in [-0.4, -0.2) is 27.4 Å². The van der Waals surface area contributed by atoms with Crippen molar-refractivity contribution in [3.8, 4) is 0 Å². The van der Waals surface area contributed by atoms with E-state index in [1.807, 2.05) is 13.8 Å². The second-order valence-corrected chi connectivity index (χ2v) is 3.27. The van der Waals surface area contributed by atoms with Gasteiger partial charge >= 0.3 is 5.69 Å². The van der Waals surface area contributed by atoms with E-state index in [1.165, 1.54) is 16.8 Å². The van der Waals surface area contributed by atoms with Crippen LogP contribution in [0, 0.1) is 0 Å². The van der Waals surface area contributed by atoms with E-state index < -0.39 is 11.9 Å². The van der Waals surface area contributed by atoms with Gasteiger partial charge in [0.05, 0.1) is 12.7 Å². The molecule has 6 heteroatoms. The van der Waals surface area contributed by atoms with Crippen LogP contribution in [0.5, 0.6) is 0 Å². The van der Waals surface area contributed by atoms with Crippen molar-refractivity contribution in [2.75, 3.05) is 12.3 Å². The van der Waals surface area contributed by atoms with Crippen molar-refractivity contribution in [1.82, 2.24) is 9.55 Å². The predicted octanol–water partition coefficient (Wildman–Crippen LogP) is 0.768. The number of aromatic nitrogens is 2. The summed E-state index contributed by atoms with van der Waals surface area (Å²) in [4.78, 5) is 15.0. The van der Waals surface area contributed by atoms with Gasteiger partial charge in [-0.05, 0) is 19.9 Å². The topological polar surface area (TPSA) is 90.4 Å². The highest BCUT2D eigenvalue weighted by molar-refractivity contribution is 5.23. The molecule has 0 aromatic carbocycles. The second kappa shape index (κ2) is 7.81. The molecule has 0 fully saturated rings. The summed E-state index contributed by atoms with van der Waals surface area (Å²) in [5, 5.41) is 8.80. The Morgan fingerprint density at radius 1 is 1.53 bits per heavy atom. The average molecular weight is 243 g/mol. The number of nitrogens with two attached hydrogens (primary N) is 1. The molecular weight excluding hydrogens is 222 g/mol. The zero-order valence-electron chi connectivity index (χ0n) is 10.8. The summed E-state index contributed by atoms with van der Waals surface area (Å²) in [5.41, 5.74) is 4.88. The Hall–Kier alpha value is -1.40. The van der Waals surface area contributed by atoms with Gasteiger partial charge in [0.1, 0.15) is 12.0 Å². The Balaban J connectivity index is 0.00000121. The molecule has 2 atom stereocenters. The van der Waals surface area contributed by atoms with Crippen molar-refractivity contribution in [3.05, 3.63) is 22.7 Å². The van der Waals surface area contributed by atoms with Crippen LogP contribution in [0.2, 0.25) is 0 Å². The Morgan fingerprint density at radius 3 is 2.59 bits per heavy atom. The first kappa shape index (κ1) is 15.6. The predicted molar refractivity (Wildman–Crippen MR) is 66.6 cm³/mol. The number of anilines is 1. The van der Waals surface area contributed by atoms with Gasteiger partial charge in [0.15, 0.2) is 0 Å². The van der Waals surface area contributed by atoms with Gasteiger partial charge < -0.3 is 15.6 Å². The molecule has 0 aliphatic rings. The van der Waals surface area contributed by atoms with Crippen LogP contribution in [0.15, 0.2) is 17.1 Å². The fourth-order valence-corrected chi connectivity index (χ4v) is 1.15. The maximum Gasteiger partial charge on any atom is 0.351 e. The summed E-state index contributed by atoms with van der Waals surface area (Å²) in [6.45, 7) is 7.32. The molecule has 2 unspecified atom stereocenters. The molecule has 1 heterocycles. The molecule has 0 saturated carbocycles. The van der Waals surface area contributed by atoms with Crippen molar-refractivity contribution >= 4 is 5.82 Å². The second-order valence-electron chi connectivity index (χ2n) is 3.27. The summed E-state index contributed by atoms with van der Waals surface area (Å²) in [6.07, 6.45) is 0.705. The molecule has 0 amide bonds. The van der Waals surface area contributed by atoms with Crippen LogP contribution in [0.3, 0.4) is 0 Å². The smallest absolute Gasteiger partial charge is 0.351 e. The highest BCUT2D eigenvalue weighted by atomic mass is 16.5. The Morgan fingerprint density at radius 2 is 2.12 bits per heavy atom. The van der Waals surface area contributed by atoms with E-state index in [0.717, 1.165) is 0 Å². The standard InChI is InChI=1S/C9H15N3O3.C2H6/c1-6(5-13)15-7(2)12-4-3-8(10)11-9(12)14;1-2/h3-4,6-7,13H,5H2,1-2H3,(H2,10,11,14);1-2H3. The molecule has 1 rings (SSSR count). The molecular formula is C11H21N3O3. The fraction of sp³-hybridized carbons (Fsp3) is 0.636. The summed E-state index contributed by atoms with van der Waals surface area (Å²) >= 11 is 0. The van der Waals surface area contributed by atoms with E-state index in [1.54, 1.807) is 13.8 Å². The minimum atomic E-state index is -0.479. The van der Waals surface area contributed by atoms with Crippen molar-refractivity contribution in [1.29, 1.82) is 0 Å². The molecule has 0 radical (unpaired) electrons. The zero-order chi connectivity index (χ0) is 13.4. The molecule has 3 N–H and O–H groups in total. The number of aliphatic hydroxyl groups is 1. The molecule has 0 spiro atoms. The highest BCUT2D eigenvalue weighted by Crippen LogP contribution is 2.07. The van der Waals surface area contributed by atoms with E-state index in [4.69, 9.17) is 15.6 Å². The van der Waals surface area contributed by atoms with Gasteiger partial charge in [-0.3, -0.25) is 4.57 Å². The lowest BCUT2D eigenvalue weighted by molar-refractivity contribution is -0.0579. The summed E-state index contributed by atoms with van der Waals surface area (Å²) < 4.78 is 6.65. The monoisotopic (exact) mass is 243 g/mol. The van der Waals surface area contributed by atoms with Gasteiger partial charge in [0.2, 0.25) is 0 Å². The number of ether oxygens (including phenoxy) is 1. The lowest BCUT2D eigenvalue weighted by atomic mass is 10.4. The maximum absolute atomic E-state index is 11.4. The first-order valence-corrected chi connectivity index (χ1v) is 5.65. The number of hydrogen-bond acceptors (Lipinski definition) is 5. The van der Waals surface area contributed by atoms with Gasteiger partial charge in [0.25, 0.3) is 0 Å². The van der Waals surface area contributed by atoms with Gasteiger partial charge in [-0.2, -0.15) is 4.98 Å². The Kier molecular flexibility index (Phi) is 7.16. The van der Waals surface area contributed by atoms with E-state index in [9.17, 15) is 4.79 Å². The molecule has 0 bridgehead atoms. The molecule has 98 valence electrons. The molecule has 1 aromatic heterocycles. The minimum absolute atomic E-state index is 0.0957. The van der Waals surface area contributed by atoms with Crippen molar-refractivity contribution in [2.24, 2.45) is 0 Å². The molecule has 0 aliphatic carbocycles. The number of rotatable bonds is 4. The van der Waals surface area contributed by atoms with Crippen LogP contribution in [0.1, 0.15) is 33.9 Å². The van der Waals surface area contributed by atoms with E-state index in [2.05, 4.69) is 4.98 Å². The lowest BCUT2D eigenvalue weighted by Crippen LogP contribution is -2.29. The normalized spacial score (nSPS) is 13.5. The van der Waals surface area contributed by atoms with Crippen LogP contribution < -0.4 is 11.4 Å². The molecule has 0 aliphatic heterocycles. The number of aliphatic hydroxyl groups excluding tert-OH is 1. The fourth-order valence-electron chi connectivity index (χ4n) is 1.15. The molecule has 6 nitrogen and oxygen atoms in total. The Labute approximate surface area is 101 Å². The van der Waals surface area contributed by atoms with Gasteiger partial charge in [-0.1, -0.05) is 13.8 Å². The molecule has 17 heavy (non-hydrogen) atoms. The summed E-state index contributed by atoms with van der Waals surface area (Å²) in [7, 11) is 0. The van der Waals surface area contributed by atoms with Crippen LogP contribution >= 0.6 is 0 Å². The van der Waals surface area contributed by atoms with Crippen LogP contribution in [0.4, 0.5) is 5.82 Å². The van der Waals surface area contributed by atoms with Gasteiger partial charge in [-0.15, -0.1) is 0 Å². The minimum Gasteiger partial charge on any atom is -0.394 e. The third kappa shape index (κ3) is 4.97. The number of nitrogens with zero attached hydrogens (tertiary/aromatic N) is 2. The lowest BCUT2D eigenvalue weighted by Gasteiger charge is -2.19. The SMILES string of the molecule is CC.CC(CO)OC(C)n1ccc(N)nc1=O. The molecule has 0 saturated heterocycles. The van der Waals surface area contributed by atoms with Crippen molar-refractivity contribution in [3.63, 3.8) is 0 Å². The number of hydrogen-bond donors (Lipinski definition) is 2. The number of nitrogen functional groups attached to an aromatic ring is 1. The quantitative estimate of drug-likeness (QED) is 0.815. The first-order chi connectivity index (χ1) is 8.04. The van der Waals surface area contributed by atoms with E-state index >= 15 is 0 Å². The third-order valence-corrected chi connectivity index (χ3v) is 1.93. The van der Waals surface area contributed by atoms with E-state index in [0.29, 0.717) is 0 Å². The highest BCUT2D eigenvalue weighted by Gasteiger charge is 2.10. The zero-order valence-corrected chi connectivity index (χ0v) is 10.8. The average Bonchev–Trinajstić information content (AvgIpc) is 2.31. The van der Waals surface area contributed by atoms with Crippen molar-refractivity contribution < 1.29 is 9.84 Å². The van der Waals surface area contributed by atoms with E-state index in [-0.39, 0.29) is 18.5 Å². The maximum atomic E-state index is 11.4.